The first-order valence-corrected chi connectivity index (χ1v) is 7.67. The van der Waals surface area contributed by atoms with Gasteiger partial charge in [0.1, 0.15) is 6.17 Å². The van der Waals surface area contributed by atoms with Gasteiger partial charge in [0, 0.05) is 11.1 Å². The predicted molar refractivity (Wildman–Crippen MR) is 80.5 cm³/mol. The fourth-order valence-electron chi connectivity index (χ4n) is 3.62. The number of amides is 1. The van der Waals surface area contributed by atoms with Crippen molar-refractivity contribution < 1.29 is 4.79 Å². The maximum Gasteiger partial charge on any atom is 0.238 e. The van der Waals surface area contributed by atoms with E-state index in [1.165, 1.54) is 12.8 Å². The number of hydrogen-bond acceptors (Lipinski definition) is 2. The van der Waals surface area contributed by atoms with Gasteiger partial charge in [0.15, 0.2) is 0 Å². The van der Waals surface area contributed by atoms with Gasteiger partial charge in [-0.15, -0.1) is 0 Å². The van der Waals surface area contributed by atoms with Gasteiger partial charge in [-0.1, -0.05) is 44.0 Å². The molecule has 0 radical (unpaired) electrons. The van der Waals surface area contributed by atoms with Gasteiger partial charge >= 0.3 is 0 Å². The van der Waals surface area contributed by atoms with Crippen LogP contribution in [-0.2, 0) is 4.79 Å². The molecule has 1 aromatic carbocycles. The molecule has 20 heavy (non-hydrogen) atoms. The number of nitrogens with one attached hydrogen (secondary N) is 1. The van der Waals surface area contributed by atoms with Crippen LogP contribution in [0.3, 0.4) is 0 Å². The summed E-state index contributed by atoms with van der Waals surface area (Å²) < 4.78 is 0. The maximum atomic E-state index is 12.3. The molecule has 1 aromatic rings. The Bertz CT molecular complexity index is 512. The molecule has 2 atom stereocenters. The highest BCUT2D eigenvalue weighted by molar-refractivity contribution is 6.30. The van der Waals surface area contributed by atoms with Crippen molar-refractivity contribution in [1.82, 2.24) is 10.2 Å². The monoisotopic (exact) mass is 292 g/mol. The van der Waals surface area contributed by atoms with E-state index < -0.39 is 0 Å². The van der Waals surface area contributed by atoms with Crippen LogP contribution < -0.4 is 5.32 Å². The van der Waals surface area contributed by atoms with Crippen LogP contribution >= 0.6 is 11.6 Å². The molecular formula is C16H21ClN2O. The van der Waals surface area contributed by atoms with Gasteiger partial charge in [-0.05, 0) is 36.0 Å². The van der Waals surface area contributed by atoms with Gasteiger partial charge in [-0.2, -0.15) is 0 Å². The van der Waals surface area contributed by atoms with Crippen LogP contribution in [0.4, 0.5) is 0 Å². The standard InChI is InChI=1S/C16H21ClN2O/c1-16(2)9-3-4-13(16)19-14(20)10-18-15(19)11-5-7-12(17)8-6-11/h5-8,13,15,18H,3-4,9-10H2,1-2H3. The van der Waals surface area contributed by atoms with Crippen LogP contribution in [0.25, 0.3) is 0 Å². The largest absolute Gasteiger partial charge is 0.318 e. The summed E-state index contributed by atoms with van der Waals surface area (Å²) in [6, 6.07) is 8.12. The minimum Gasteiger partial charge on any atom is -0.318 e. The van der Waals surface area contributed by atoms with E-state index in [0.717, 1.165) is 17.0 Å². The maximum absolute atomic E-state index is 12.3. The van der Waals surface area contributed by atoms with Gasteiger partial charge in [0.05, 0.1) is 6.54 Å². The van der Waals surface area contributed by atoms with Gasteiger partial charge in [0.2, 0.25) is 5.91 Å². The van der Waals surface area contributed by atoms with Crippen molar-refractivity contribution in [1.29, 1.82) is 0 Å². The molecule has 2 fully saturated rings. The third-order valence-electron chi connectivity index (χ3n) is 4.74. The predicted octanol–water partition coefficient (Wildman–Crippen LogP) is 3.35. The SMILES string of the molecule is CC1(C)CCCC1N1C(=O)CNC1c1ccc(Cl)cc1. The van der Waals surface area contributed by atoms with Crippen LogP contribution in [0.1, 0.15) is 44.8 Å². The Kier molecular flexibility index (Phi) is 3.51. The van der Waals surface area contributed by atoms with Gasteiger partial charge in [0.25, 0.3) is 0 Å². The Morgan fingerprint density at radius 1 is 1.30 bits per heavy atom. The summed E-state index contributed by atoms with van der Waals surface area (Å²) in [6.07, 6.45) is 3.48. The van der Waals surface area contributed by atoms with E-state index in [1.807, 2.05) is 24.3 Å². The zero-order chi connectivity index (χ0) is 14.3. The Morgan fingerprint density at radius 3 is 2.60 bits per heavy atom. The zero-order valence-corrected chi connectivity index (χ0v) is 12.8. The second-order valence-corrected chi connectivity index (χ2v) is 6.97. The highest BCUT2D eigenvalue weighted by Gasteiger charge is 2.45. The highest BCUT2D eigenvalue weighted by atomic mass is 35.5. The van der Waals surface area contributed by atoms with Gasteiger partial charge in [-0.3, -0.25) is 10.1 Å². The molecular weight excluding hydrogens is 272 g/mol. The molecule has 2 unspecified atom stereocenters. The van der Waals surface area contributed by atoms with Gasteiger partial charge in [-0.25, -0.2) is 0 Å². The van der Waals surface area contributed by atoms with E-state index in [0.29, 0.717) is 12.6 Å². The second kappa shape index (κ2) is 5.05. The number of halogens is 1. The van der Waals surface area contributed by atoms with Crippen molar-refractivity contribution in [3.05, 3.63) is 34.9 Å². The molecule has 1 saturated heterocycles. The Hall–Kier alpha value is -1.06. The summed E-state index contributed by atoms with van der Waals surface area (Å²) in [6.45, 7) is 4.98. The summed E-state index contributed by atoms with van der Waals surface area (Å²) in [7, 11) is 0. The summed E-state index contributed by atoms with van der Waals surface area (Å²) in [4.78, 5) is 14.4. The van der Waals surface area contributed by atoms with Crippen LogP contribution in [0.5, 0.6) is 0 Å². The molecule has 3 rings (SSSR count). The number of hydrogen-bond donors (Lipinski definition) is 1. The third kappa shape index (κ3) is 2.33. The lowest BCUT2D eigenvalue weighted by Crippen LogP contribution is -2.45. The van der Waals surface area contributed by atoms with E-state index in [-0.39, 0.29) is 17.5 Å². The lowest BCUT2D eigenvalue weighted by molar-refractivity contribution is -0.132. The highest BCUT2D eigenvalue weighted by Crippen LogP contribution is 2.43. The number of carbonyl (C=O) groups is 1. The molecule has 1 N–H and O–H groups in total. The van der Waals surface area contributed by atoms with Crippen LogP contribution in [0.2, 0.25) is 5.02 Å². The van der Waals surface area contributed by atoms with E-state index >= 15 is 0 Å². The van der Waals surface area contributed by atoms with Crippen molar-refractivity contribution in [3.63, 3.8) is 0 Å². The molecule has 108 valence electrons. The fourth-order valence-corrected chi connectivity index (χ4v) is 3.74. The summed E-state index contributed by atoms with van der Waals surface area (Å²) >= 11 is 5.95. The first kappa shape index (κ1) is 13.9. The Labute approximate surface area is 125 Å². The average Bonchev–Trinajstić information content (AvgIpc) is 2.93. The lowest BCUT2D eigenvalue weighted by atomic mass is 9.86. The van der Waals surface area contributed by atoms with Crippen molar-refractivity contribution in [2.24, 2.45) is 5.41 Å². The molecule has 1 aliphatic heterocycles. The summed E-state index contributed by atoms with van der Waals surface area (Å²) in [5.74, 6) is 0.213. The minimum atomic E-state index is -0.0119. The molecule has 1 saturated carbocycles. The smallest absolute Gasteiger partial charge is 0.238 e. The topological polar surface area (TPSA) is 32.3 Å². The first-order valence-electron chi connectivity index (χ1n) is 7.29. The van der Waals surface area contributed by atoms with E-state index in [1.54, 1.807) is 0 Å². The van der Waals surface area contributed by atoms with Crippen molar-refractivity contribution >= 4 is 17.5 Å². The number of carbonyl (C=O) groups excluding carboxylic acids is 1. The fraction of sp³-hybridized carbons (Fsp3) is 0.562. The molecule has 3 nitrogen and oxygen atoms in total. The van der Waals surface area contributed by atoms with Gasteiger partial charge < -0.3 is 4.90 Å². The van der Waals surface area contributed by atoms with Crippen molar-refractivity contribution in [2.45, 2.75) is 45.3 Å². The molecule has 4 heteroatoms. The van der Waals surface area contributed by atoms with E-state index in [9.17, 15) is 4.79 Å². The second-order valence-electron chi connectivity index (χ2n) is 6.53. The normalized spacial score (nSPS) is 29.1. The molecule has 1 amide bonds. The molecule has 0 spiro atoms. The summed E-state index contributed by atoms with van der Waals surface area (Å²) in [5.41, 5.74) is 1.31. The number of rotatable bonds is 2. The molecule has 0 bridgehead atoms. The number of nitrogens with zero attached hydrogens (tertiary/aromatic N) is 1. The van der Waals surface area contributed by atoms with Crippen LogP contribution in [0.15, 0.2) is 24.3 Å². The van der Waals surface area contributed by atoms with Crippen LogP contribution in [0, 0.1) is 5.41 Å². The Morgan fingerprint density at radius 2 is 2.00 bits per heavy atom. The quantitative estimate of drug-likeness (QED) is 0.906. The number of benzene rings is 1. The third-order valence-corrected chi connectivity index (χ3v) is 4.99. The molecule has 1 aliphatic carbocycles. The first-order chi connectivity index (χ1) is 9.49. The van der Waals surface area contributed by atoms with Crippen molar-refractivity contribution in [2.75, 3.05) is 6.54 Å². The lowest BCUT2D eigenvalue weighted by Gasteiger charge is -2.38. The summed E-state index contributed by atoms with van der Waals surface area (Å²) in [5, 5.41) is 4.07. The molecule has 1 heterocycles. The zero-order valence-electron chi connectivity index (χ0n) is 12.0. The van der Waals surface area contributed by atoms with Crippen molar-refractivity contribution in [3.8, 4) is 0 Å². The Balaban J connectivity index is 1.91. The van der Waals surface area contributed by atoms with E-state index in [4.69, 9.17) is 11.6 Å². The average molecular weight is 293 g/mol. The molecule has 0 aromatic heterocycles. The van der Waals surface area contributed by atoms with E-state index in [2.05, 4.69) is 24.1 Å². The van der Waals surface area contributed by atoms with Crippen LogP contribution in [-0.4, -0.2) is 23.4 Å². The minimum absolute atomic E-state index is 0.0119. The molecule has 2 aliphatic rings.